The number of hydrogen-bond acceptors (Lipinski definition) is 12. The van der Waals surface area contributed by atoms with E-state index in [1.807, 2.05) is 44.2 Å². The van der Waals surface area contributed by atoms with E-state index >= 15 is 0 Å². The van der Waals surface area contributed by atoms with Crippen LogP contribution >= 0.6 is 0 Å². The molecule has 0 spiro atoms. The van der Waals surface area contributed by atoms with Crippen molar-refractivity contribution in [2.24, 2.45) is 0 Å². The Morgan fingerprint density at radius 1 is 0.894 bits per heavy atom. The first kappa shape index (κ1) is 31.8. The molecule has 4 aliphatic heterocycles. The molecule has 47 heavy (non-hydrogen) atoms. The molecule has 0 amide bonds. The molecule has 0 bridgehead atoms. The van der Waals surface area contributed by atoms with Crippen LogP contribution in [0.3, 0.4) is 0 Å². The number of carbonyl (C=O) groups is 1. The van der Waals surface area contributed by atoms with Crippen LogP contribution in [-0.2, 0) is 35.0 Å². The molecule has 4 heterocycles. The summed E-state index contributed by atoms with van der Waals surface area (Å²) in [5.41, 5.74) is 2.35. The van der Waals surface area contributed by atoms with Gasteiger partial charge in [-0.15, -0.1) is 0 Å². The number of hydrogen-bond donors (Lipinski definition) is 0. The molecule has 0 saturated carbocycles. The molecule has 2 saturated heterocycles. The van der Waals surface area contributed by atoms with Crippen molar-refractivity contribution in [3.63, 3.8) is 0 Å². The Labute approximate surface area is 272 Å². The summed E-state index contributed by atoms with van der Waals surface area (Å²) in [6.45, 7) is 6.67. The quantitative estimate of drug-likeness (QED) is 0.196. The summed E-state index contributed by atoms with van der Waals surface area (Å²) in [7, 11) is 4.74. The number of unbranched alkanes of at least 4 members (excludes halogenated alkanes) is 1. The van der Waals surface area contributed by atoms with E-state index in [2.05, 4.69) is 6.92 Å². The molecular formula is C35H40O12. The molecule has 3 aromatic rings. The van der Waals surface area contributed by atoms with Gasteiger partial charge in [0.1, 0.15) is 36.8 Å². The third kappa shape index (κ3) is 5.61. The predicted molar refractivity (Wildman–Crippen MR) is 167 cm³/mol. The highest BCUT2D eigenvalue weighted by Crippen LogP contribution is 2.50. The van der Waals surface area contributed by atoms with Crippen molar-refractivity contribution in [2.45, 2.75) is 76.7 Å². The Kier molecular flexibility index (Phi) is 8.56. The molecular weight excluding hydrogens is 612 g/mol. The van der Waals surface area contributed by atoms with Gasteiger partial charge in [0.05, 0.1) is 26.4 Å². The third-order valence-electron chi connectivity index (χ3n) is 8.88. The molecule has 5 unspecified atom stereocenters. The van der Waals surface area contributed by atoms with Gasteiger partial charge in [-0.3, -0.25) is 0 Å². The average molecular weight is 653 g/mol. The van der Waals surface area contributed by atoms with Crippen LogP contribution < -0.4 is 23.7 Å². The van der Waals surface area contributed by atoms with E-state index in [0.29, 0.717) is 62.8 Å². The van der Waals surface area contributed by atoms with Crippen LogP contribution in [0.25, 0.3) is 21.9 Å². The highest BCUT2D eigenvalue weighted by molar-refractivity contribution is 6.14. The first-order valence-electron chi connectivity index (χ1n) is 15.9. The van der Waals surface area contributed by atoms with E-state index in [0.717, 1.165) is 18.4 Å². The van der Waals surface area contributed by atoms with Gasteiger partial charge in [0, 0.05) is 30.2 Å². The maximum Gasteiger partial charge on any atom is 0.339 e. The summed E-state index contributed by atoms with van der Waals surface area (Å²) in [6, 6.07) is 9.25. The third-order valence-corrected chi connectivity index (χ3v) is 8.88. The second-order valence-corrected chi connectivity index (χ2v) is 12.3. The number of carbonyl (C=O) groups excluding carboxylic acids is 1. The molecule has 0 N–H and O–H groups in total. The van der Waals surface area contributed by atoms with Gasteiger partial charge in [-0.25, -0.2) is 4.79 Å². The second kappa shape index (κ2) is 12.7. The second-order valence-electron chi connectivity index (χ2n) is 12.3. The summed E-state index contributed by atoms with van der Waals surface area (Å²) in [5, 5.41) is 1.35. The lowest BCUT2D eigenvalue weighted by molar-refractivity contribution is -0.266. The van der Waals surface area contributed by atoms with Gasteiger partial charge in [-0.2, -0.15) is 0 Å². The lowest BCUT2D eigenvalue weighted by Crippen LogP contribution is -2.60. The number of benzene rings is 3. The van der Waals surface area contributed by atoms with Crippen molar-refractivity contribution in [3.8, 4) is 39.9 Å². The van der Waals surface area contributed by atoms with Gasteiger partial charge < -0.3 is 52.1 Å². The molecule has 3 aromatic carbocycles. The van der Waals surface area contributed by atoms with Crippen LogP contribution in [0.2, 0.25) is 0 Å². The summed E-state index contributed by atoms with van der Waals surface area (Å²) in [4.78, 5) is 13.6. The van der Waals surface area contributed by atoms with Gasteiger partial charge in [0.15, 0.2) is 28.8 Å². The van der Waals surface area contributed by atoms with E-state index in [4.69, 9.17) is 52.1 Å². The lowest BCUT2D eigenvalue weighted by Gasteiger charge is -2.42. The Hall–Kier alpha value is -3.81. The minimum absolute atomic E-state index is 0.000386. The van der Waals surface area contributed by atoms with Gasteiger partial charge in [-0.1, -0.05) is 19.4 Å². The normalized spacial score (nSPS) is 25.4. The summed E-state index contributed by atoms with van der Waals surface area (Å²) >= 11 is 0. The largest absolute Gasteiger partial charge is 0.493 e. The number of fused-ring (bicyclic) bond motifs is 4. The van der Waals surface area contributed by atoms with Crippen LogP contribution in [0.5, 0.6) is 28.7 Å². The highest BCUT2D eigenvalue weighted by Gasteiger charge is 2.57. The minimum atomic E-state index is -0.946. The van der Waals surface area contributed by atoms with Gasteiger partial charge in [0.2, 0.25) is 13.1 Å². The Morgan fingerprint density at radius 3 is 2.38 bits per heavy atom. The minimum Gasteiger partial charge on any atom is -0.493 e. The van der Waals surface area contributed by atoms with E-state index < -0.39 is 42.5 Å². The maximum absolute atomic E-state index is 13.6. The monoisotopic (exact) mass is 652 g/mol. The zero-order chi connectivity index (χ0) is 32.9. The predicted octanol–water partition coefficient (Wildman–Crippen LogP) is 5.38. The number of rotatable bonds is 11. The van der Waals surface area contributed by atoms with Gasteiger partial charge >= 0.3 is 5.97 Å². The number of ether oxygens (including phenoxy) is 11. The van der Waals surface area contributed by atoms with Crippen molar-refractivity contribution >= 4 is 16.7 Å². The number of methoxy groups -OCH3 is 3. The Bertz CT molecular complexity index is 1670. The zero-order valence-corrected chi connectivity index (χ0v) is 27.4. The standard InChI is InChI=1S/C35H40O12/c1-7-8-11-40-32-31-30(46-35(2,3)47-31)26(16-37-4)44-34(32)45-29-20-14-24(39-6)23(38-5)13-19(20)27(28-21(29)15-41-33(28)36)18-9-10-22-25(12-18)43-17-42-22/h9-10,12-14,26,30-32,34H,7-8,11,15-17H2,1-6H3. The van der Waals surface area contributed by atoms with Crippen LogP contribution in [0.1, 0.15) is 49.5 Å². The maximum atomic E-state index is 13.6. The van der Waals surface area contributed by atoms with Crippen molar-refractivity contribution in [2.75, 3.05) is 41.3 Å². The van der Waals surface area contributed by atoms with E-state index in [1.54, 1.807) is 21.3 Å². The van der Waals surface area contributed by atoms with Crippen molar-refractivity contribution < 1.29 is 56.9 Å². The molecule has 5 atom stereocenters. The fourth-order valence-corrected chi connectivity index (χ4v) is 6.78. The molecule has 0 aliphatic carbocycles. The topological polar surface area (TPSA) is 119 Å². The summed E-state index contributed by atoms with van der Waals surface area (Å²) < 4.78 is 66.5. The first-order valence-corrected chi connectivity index (χ1v) is 15.9. The summed E-state index contributed by atoms with van der Waals surface area (Å²) in [5.74, 6) is 1.25. The number of esters is 1. The molecule has 7 rings (SSSR count). The van der Waals surface area contributed by atoms with Gasteiger partial charge in [0.25, 0.3) is 0 Å². The fourth-order valence-electron chi connectivity index (χ4n) is 6.78. The van der Waals surface area contributed by atoms with E-state index in [1.165, 1.54) is 0 Å². The number of cyclic esters (lactones) is 1. The van der Waals surface area contributed by atoms with Crippen LogP contribution in [0, 0.1) is 0 Å². The average Bonchev–Trinajstić information content (AvgIpc) is 3.78. The smallest absolute Gasteiger partial charge is 0.339 e. The van der Waals surface area contributed by atoms with E-state index in [9.17, 15) is 4.79 Å². The van der Waals surface area contributed by atoms with Crippen molar-refractivity contribution in [3.05, 3.63) is 41.5 Å². The summed E-state index contributed by atoms with van der Waals surface area (Å²) in [6.07, 6.45) is -1.27. The first-order chi connectivity index (χ1) is 22.8. The molecule has 0 radical (unpaired) electrons. The zero-order valence-electron chi connectivity index (χ0n) is 27.4. The van der Waals surface area contributed by atoms with Gasteiger partial charge in [-0.05, 0) is 55.5 Å². The Morgan fingerprint density at radius 2 is 1.64 bits per heavy atom. The van der Waals surface area contributed by atoms with Crippen LogP contribution in [0.15, 0.2) is 30.3 Å². The van der Waals surface area contributed by atoms with Crippen molar-refractivity contribution in [1.29, 1.82) is 0 Å². The molecule has 0 aromatic heterocycles. The van der Waals surface area contributed by atoms with Crippen LogP contribution in [0.4, 0.5) is 0 Å². The molecule has 252 valence electrons. The fraction of sp³-hybridized carbons (Fsp3) is 0.514. The van der Waals surface area contributed by atoms with Crippen LogP contribution in [-0.4, -0.2) is 83.8 Å². The van der Waals surface area contributed by atoms with Crippen molar-refractivity contribution in [1.82, 2.24) is 0 Å². The molecule has 4 aliphatic rings. The highest BCUT2D eigenvalue weighted by atomic mass is 16.8. The van der Waals surface area contributed by atoms with E-state index in [-0.39, 0.29) is 20.0 Å². The molecule has 2 fully saturated rings. The molecule has 12 heteroatoms. The lowest BCUT2D eigenvalue weighted by atomic mass is 9.89. The Balaban J connectivity index is 1.40. The molecule has 12 nitrogen and oxygen atoms in total. The SMILES string of the molecule is CCCCOC1C(Oc2c3c(c(-c4ccc5c(c4)OCO5)c4cc(OC)c(OC)cc24)C(=O)OC3)OC(COC)C2OC(C)(C)OC21.